The number of aromatic carboxylic acids is 1. The van der Waals surface area contributed by atoms with E-state index < -0.39 is 5.97 Å². The largest absolute Gasteiger partial charge is 0.478 e. The first kappa shape index (κ1) is 18.3. The second-order valence-electron chi connectivity index (χ2n) is 5.52. The summed E-state index contributed by atoms with van der Waals surface area (Å²) in [6.07, 6.45) is 0.715. The van der Waals surface area contributed by atoms with Crippen LogP contribution in [0, 0.1) is 0 Å². The van der Waals surface area contributed by atoms with Crippen molar-refractivity contribution in [3.05, 3.63) is 71.3 Å². The maximum Gasteiger partial charge on any atom is 0.335 e. The van der Waals surface area contributed by atoms with Crippen LogP contribution in [0.5, 0.6) is 11.5 Å². The highest BCUT2D eigenvalue weighted by atomic mass is 16.5. The molecular weight excluding hydrogens is 320 g/mol. The van der Waals surface area contributed by atoms with Crippen LogP contribution in [0.4, 0.5) is 0 Å². The Hall–Kier alpha value is -3.08. The smallest absolute Gasteiger partial charge is 0.335 e. The summed E-state index contributed by atoms with van der Waals surface area (Å²) in [5.41, 5.74) is 2.75. The highest BCUT2D eigenvalue weighted by Gasteiger charge is 2.17. The Kier molecular flexibility index (Phi) is 5.95. The minimum absolute atomic E-state index is 0.298. The topological polar surface area (TPSA) is 72.8 Å². The molecule has 1 aliphatic rings. The number of hydrogen-bond donors (Lipinski definition) is 1. The van der Waals surface area contributed by atoms with Crippen LogP contribution in [0.1, 0.15) is 35.3 Å². The highest BCUT2D eigenvalue weighted by molar-refractivity contribution is 5.88. The number of hydrogen-bond acceptors (Lipinski definition) is 4. The van der Waals surface area contributed by atoms with Gasteiger partial charge in [0.15, 0.2) is 0 Å². The molecule has 0 bridgehead atoms. The number of benzene rings is 2. The van der Waals surface area contributed by atoms with Crippen LogP contribution in [0.3, 0.4) is 0 Å². The Labute approximate surface area is 146 Å². The lowest BCUT2D eigenvalue weighted by atomic mass is 9.99. The minimum atomic E-state index is -0.911. The van der Waals surface area contributed by atoms with Crippen molar-refractivity contribution in [1.82, 2.24) is 0 Å². The lowest BCUT2D eigenvalue weighted by Gasteiger charge is -2.20. The molecule has 0 saturated carbocycles. The summed E-state index contributed by atoms with van der Waals surface area (Å²) in [5.74, 6) is 0.371. The molecule has 3 rings (SSSR count). The standard InChI is InChI=1S/C14H10O3.C6H10O2/c15-14(16)10-5-6-13-11(8-10)7-9-3-1-2-4-12(9)17-13;1-4-8-6(7)5(2)3/h1-6,8H,7H2,(H,15,16);2,4H2,1,3H3. The SMILES string of the molecule is C=C(C)C(=O)OCC.O=C(O)c1ccc2c(c1)Cc1ccccc1O2. The molecule has 2 aromatic rings. The van der Waals surface area contributed by atoms with Crippen LogP contribution in [0.2, 0.25) is 0 Å². The van der Waals surface area contributed by atoms with Crippen molar-refractivity contribution in [2.75, 3.05) is 6.61 Å². The average molecular weight is 340 g/mol. The van der Waals surface area contributed by atoms with Gasteiger partial charge < -0.3 is 14.6 Å². The monoisotopic (exact) mass is 340 g/mol. The Morgan fingerprint density at radius 1 is 1.16 bits per heavy atom. The van der Waals surface area contributed by atoms with Crippen molar-refractivity contribution < 1.29 is 24.2 Å². The number of carbonyl (C=O) groups excluding carboxylic acids is 1. The number of esters is 1. The Morgan fingerprint density at radius 3 is 2.44 bits per heavy atom. The molecule has 0 fully saturated rings. The van der Waals surface area contributed by atoms with E-state index in [1.807, 2.05) is 24.3 Å². The van der Waals surface area contributed by atoms with E-state index in [0.717, 1.165) is 22.6 Å². The van der Waals surface area contributed by atoms with Gasteiger partial charge >= 0.3 is 11.9 Å². The zero-order chi connectivity index (χ0) is 18.4. The average Bonchev–Trinajstić information content (AvgIpc) is 2.60. The molecule has 0 radical (unpaired) electrons. The lowest BCUT2D eigenvalue weighted by molar-refractivity contribution is -0.138. The first-order chi connectivity index (χ1) is 11.9. The third-order valence-corrected chi connectivity index (χ3v) is 3.50. The summed E-state index contributed by atoms with van der Waals surface area (Å²) in [6.45, 7) is 7.21. The van der Waals surface area contributed by atoms with E-state index in [1.165, 1.54) is 0 Å². The van der Waals surface area contributed by atoms with E-state index in [-0.39, 0.29) is 5.97 Å². The predicted molar refractivity (Wildman–Crippen MR) is 94.2 cm³/mol. The van der Waals surface area contributed by atoms with E-state index in [0.29, 0.717) is 24.2 Å². The van der Waals surface area contributed by atoms with Crippen LogP contribution in [-0.2, 0) is 16.0 Å². The van der Waals surface area contributed by atoms with Gasteiger partial charge in [0.25, 0.3) is 0 Å². The zero-order valence-corrected chi connectivity index (χ0v) is 14.2. The maximum absolute atomic E-state index is 10.9. The van der Waals surface area contributed by atoms with Gasteiger partial charge in [-0.15, -0.1) is 0 Å². The van der Waals surface area contributed by atoms with Gasteiger partial charge in [0.1, 0.15) is 11.5 Å². The molecule has 2 aromatic carbocycles. The van der Waals surface area contributed by atoms with E-state index >= 15 is 0 Å². The van der Waals surface area contributed by atoms with Gasteiger partial charge in [-0.3, -0.25) is 0 Å². The van der Waals surface area contributed by atoms with Gasteiger partial charge in [-0.25, -0.2) is 9.59 Å². The van der Waals surface area contributed by atoms with Crippen molar-refractivity contribution in [2.45, 2.75) is 20.3 Å². The first-order valence-electron chi connectivity index (χ1n) is 7.87. The van der Waals surface area contributed by atoms with E-state index in [9.17, 15) is 9.59 Å². The van der Waals surface area contributed by atoms with Crippen LogP contribution in [-0.4, -0.2) is 23.7 Å². The van der Waals surface area contributed by atoms with Gasteiger partial charge in [-0.05, 0) is 43.7 Å². The predicted octanol–water partition coefficient (Wildman–Crippen LogP) is 4.21. The molecule has 1 heterocycles. The Morgan fingerprint density at radius 2 is 1.84 bits per heavy atom. The first-order valence-corrected chi connectivity index (χ1v) is 7.87. The fourth-order valence-corrected chi connectivity index (χ4v) is 2.28. The quantitative estimate of drug-likeness (QED) is 0.571. The summed E-state index contributed by atoms with van der Waals surface area (Å²) >= 11 is 0. The molecule has 0 atom stereocenters. The molecular formula is C20H20O5. The van der Waals surface area contributed by atoms with Gasteiger partial charge in [0, 0.05) is 17.6 Å². The molecule has 25 heavy (non-hydrogen) atoms. The Balaban J connectivity index is 0.000000242. The third-order valence-electron chi connectivity index (χ3n) is 3.50. The Bertz CT molecular complexity index is 807. The van der Waals surface area contributed by atoms with Crippen molar-refractivity contribution >= 4 is 11.9 Å². The molecule has 1 aliphatic heterocycles. The molecule has 5 nitrogen and oxygen atoms in total. The van der Waals surface area contributed by atoms with Gasteiger partial charge in [0.2, 0.25) is 0 Å². The number of rotatable bonds is 3. The van der Waals surface area contributed by atoms with Gasteiger partial charge in [-0.1, -0.05) is 24.8 Å². The van der Waals surface area contributed by atoms with Crippen molar-refractivity contribution in [2.24, 2.45) is 0 Å². The van der Waals surface area contributed by atoms with Gasteiger partial charge in [-0.2, -0.15) is 0 Å². The second-order valence-corrected chi connectivity index (χ2v) is 5.52. The van der Waals surface area contributed by atoms with E-state index in [4.69, 9.17) is 9.84 Å². The zero-order valence-electron chi connectivity index (χ0n) is 14.2. The minimum Gasteiger partial charge on any atom is -0.478 e. The molecule has 5 heteroatoms. The molecule has 0 aliphatic carbocycles. The molecule has 0 aromatic heterocycles. The fraction of sp³-hybridized carbons (Fsp3) is 0.200. The van der Waals surface area contributed by atoms with Crippen LogP contribution in [0.25, 0.3) is 0 Å². The normalized spacial score (nSPS) is 11.0. The molecule has 0 unspecified atom stereocenters. The number of carboxylic acids is 1. The van der Waals surface area contributed by atoms with E-state index in [2.05, 4.69) is 11.3 Å². The third kappa shape index (κ3) is 4.70. The molecule has 1 N–H and O–H groups in total. The van der Waals surface area contributed by atoms with Crippen molar-refractivity contribution in [3.8, 4) is 11.5 Å². The molecule has 0 amide bonds. The lowest BCUT2D eigenvalue weighted by Crippen LogP contribution is -2.05. The summed E-state index contributed by atoms with van der Waals surface area (Å²) in [7, 11) is 0. The number of carboxylic acid groups (broad SMARTS) is 1. The van der Waals surface area contributed by atoms with Crippen LogP contribution < -0.4 is 4.74 Å². The summed E-state index contributed by atoms with van der Waals surface area (Å²) in [5, 5.41) is 8.94. The van der Waals surface area contributed by atoms with Crippen LogP contribution in [0.15, 0.2) is 54.6 Å². The van der Waals surface area contributed by atoms with E-state index in [1.54, 1.807) is 32.0 Å². The number of ether oxygens (including phenoxy) is 2. The summed E-state index contributed by atoms with van der Waals surface area (Å²) < 4.78 is 10.3. The van der Waals surface area contributed by atoms with Crippen LogP contribution >= 0.6 is 0 Å². The van der Waals surface area contributed by atoms with Gasteiger partial charge in [0.05, 0.1) is 12.2 Å². The number of para-hydroxylation sites is 1. The molecule has 0 spiro atoms. The number of carbonyl (C=O) groups is 2. The van der Waals surface area contributed by atoms with Crippen molar-refractivity contribution in [3.63, 3.8) is 0 Å². The number of fused-ring (bicyclic) bond motifs is 2. The second kappa shape index (κ2) is 8.15. The summed E-state index contributed by atoms with van der Waals surface area (Å²) in [4.78, 5) is 21.3. The fourth-order valence-electron chi connectivity index (χ4n) is 2.28. The molecule has 0 saturated heterocycles. The molecule has 130 valence electrons. The summed E-state index contributed by atoms with van der Waals surface area (Å²) in [6, 6.07) is 12.7. The highest BCUT2D eigenvalue weighted by Crippen LogP contribution is 2.36. The van der Waals surface area contributed by atoms with Crippen molar-refractivity contribution in [1.29, 1.82) is 0 Å². The maximum atomic E-state index is 10.9.